The van der Waals surface area contributed by atoms with Crippen LogP contribution < -0.4 is 11.1 Å². The molecule has 0 radical (unpaired) electrons. The molecule has 2 rings (SSSR count). The summed E-state index contributed by atoms with van der Waals surface area (Å²) in [6.45, 7) is 5.38. The molecular weight excluding hydrogens is 312 g/mol. The Morgan fingerprint density at radius 2 is 1.91 bits per heavy atom. The number of aromatic nitrogens is 2. The molecular formula is C17H25ClN4O. The number of halogens is 1. The maximum atomic E-state index is 11.9. The van der Waals surface area contributed by atoms with E-state index < -0.39 is 6.04 Å². The first kappa shape index (κ1) is 19.2. The Bertz CT molecular complexity index is 581. The van der Waals surface area contributed by atoms with E-state index in [1.165, 1.54) is 5.56 Å². The summed E-state index contributed by atoms with van der Waals surface area (Å²) in [4.78, 5) is 11.9. The number of carbonyl (C=O) groups excluding carboxylic acids is 1. The van der Waals surface area contributed by atoms with E-state index in [1.807, 2.05) is 29.1 Å². The van der Waals surface area contributed by atoms with E-state index in [-0.39, 0.29) is 18.3 Å². The second-order valence-electron chi connectivity index (χ2n) is 5.97. The van der Waals surface area contributed by atoms with Gasteiger partial charge in [0, 0.05) is 18.9 Å². The maximum absolute atomic E-state index is 11.9. The molecule has 0 unspecified atom stereocenters. The number of benzene rings is 1. The van der Waals surface area contributed by atoms with Gasteiger partial charge in [0.15, 0.2) is 0 Å². The fourth-order valence-electron chi connectivity index (χ4n) is 2.28. The van der Waals surface area contributed by atoms with Crippen molar-refractivity contribution >= 4 is 18.3 Å². The molecule has 1 amide bonds. The van der Waals surface area contributed by atoms with Crippen molar-refractivity contribution in [1.82, 2.24) is 15.1 Å². The predicted octanol–water partition coefficient (Wildman–Crippen LogP) is 2.34. The molecule has 0 aliphatic heterocycles. The van der Waals surface area contributed by atoms with Gasteiger partial charge in [-0.05, 0) is 29.5 Å². The van der Waals surface area contributed by atoms with Gasteiger partial charge in [-0.15, -0.1) is 12.4 Å². The minimum atomic E-state index is -0.431. The van der Waals surface area contributed by atoms with E-state index in [9.17, 15) is 4.79 Å². The summed E-state index contributed by atoms with van der Waals surface area (Å²) >= 11 is 0. The minimum Gasteiger partial charge on any atom is -0.351 e. The molecule has 126 valence electrons. The molecule has 6 heteroatoms. The molecule has 0 bridgehead atoms. The Morgan fingerprint density at radius 3 is 2.48 bits per heavy atom. The van der Waals surface area contributed by atoms with Crippen LogP contribution in [0.1, 0.15) is 31.4 Å². The highest BCUT2D eigenvalue weighted by Gasteiger charge is 2.14. The molecule has 1 heterocycles. The first-order valence-corrected chi connectivity index (χ1v) is 7.63. The standard InChI is InChI=1S/C17H24N4O.ClH/c1-13(2)10-16(18)17(22)19-11-14-4-6-15(7-5-14)12-21-9-3-8-20-21;/h3-9,13,16H,10-12,18H2,1-2H3,(H,19,22);1H/t16-;/m0./s1. The lowest BCUT2D eigenvalue weighted by Crippen LogP contribution is -2.41. The van der Waals surface area contributed by atoms with Crippen LogP contribution in [0.15, 0.2) is 42.7 Å². The largest absolute Gasteiger partial charge is 0.351 e. The fourth-order valence-corrected chi connectivity index (χ4v) is 2.28. The number of hydrogen-bond donors (Lipinski definition) is 2. The van der Waals surface area contributed by atoms with Gasteiger partial charge in [-0.3, -0.25) is 9.48 Å². The topological polar surface area (TPSA) is 72.9 Å². The maximum Gasteiger partial charge on any atom is 0.237 e. The molecule has 1 atom stereocenters. The van der Waals surface area contributed by atoms with Crippen molar-refractivity contribution in [3.05, 3.63) is 53.9 Å². The summed E-state index contributed by atoms with van der Waals surface area (Å²) in [7, 11) is 0. The SMILES string of the molecule is CC(C)C[C@H](N)C(=O)NCc1ccc(Cn2cccn2)cc1.Cl. The number of rotatable bonds is 7. The van der Waals surface area contributed by atoms with Gasteiger partial charge in [0.25, 0.3) is 0 Å². The van der Waals surface area contributed by atoms with Crippen LogP contribution in [-0.4, -0.2) is 21.7 Å². The zero-order valence-corrected chi connectivity index (χ0v) is 14.4. The van der Waals surface area contributed by atoms with Crippen LogP contribution in [0.2, 0.25) is 0 Å². The number of amides is 1. The highest BCUT2D eigenvalue weighted by atomic mass is 35.5. The Labute approximate surface area is 143 Å². The third-order valence-corrected chi connectivity index (χ3v) is 3.46. The number of hydrogen-bond acceptors (Lipinski definition) is 3. The number of carbonyl (C=O) groups is 1. The third kappa shape index (κ3) is 6.42. The van der Waals surface area contributed by atoms with Gasteiger partial charge in [0.1, 0.15) is 0 Å². The molecule has 23 heavy (non-hydrogen) atoms. The Morgan fingerprint density at radius 1 is 1.26 bits per heavy atom. The Kier molecular flexibility index (Phi) is 7.78. The Balaban J connectivity index is 0.00000264. The van der Waals surface area contributed by atoms with Gasteiger partial charge in [0.2, 0.25) is 5.91 Å². The van der Waals surface area contributed by atoms with Crippen molar-refractivity contribution in [1.29, 1.82) is 0 Å². The molecule has 0 aliphatic rings. The lowest BCUT2D eigenvalue weighted by Gasteiger charge is -2.14. The van der Waals surface area contributed by atoms with Crippen molar-refractivity contribution in [2.45, 2.75) is 39.4 Å². The molecule has 1 aromatic carbocycles. The number of nitrogens with zero attached hydrogens (tertiary/aromatic N) is 2. The third-order valence-electron chi connectivity index (χ3n) is 3.46. The van der Waals surface area contributed by atoms with Gasteiger partial charge < -0.3 is 11.1 Å². The van der Waals surface area contributed by atoms with Gasteiger partial charge >= 0.3 is 0 Å². The van der Waals surface area contributed by atoms with Crippen molar-refractivity contribution < 1.29 is 4.79 Å². The summed E-state index contributed by atoms with van der Waals surface area (Å²) in [6, 6.07) is 9.62. The van der Waals surface area contributed by atoms with Crippen LogP contribution >= 0.6 is 12.4 Å². The van der Waals surface area contributed by atoms with Crippen LogP contribution in [0.3, 0.4) is 0 Å². The minimum absolute atomic E-state index is 0. The molecule has 0 spiro atoms. The average molecular weight is 337 g/mol. The van der Waals surface area contributed by atoms with Gasteiger partial charge in [-0.2, -0.15) is 5.10 Å². The summed E-state index contributed by atoms with van der Waals surface area (Å²) < 4.78 is 1.88. The molecule has 2 aromatic rings. The molecule has 0 fully saturated rings. The molecule has 5 nitrogen and oxygen atoms in total. The summed E-state index contributed by atoms with van der Waals surface area (Å²) in [5, 5.41) is 7.07. The lowest BCUT2D eigenvalue weighted by molar-refractivity contribution is -0.122. The molecule has 0 saturated carbocycles. The van der Waals surface area contributed by atoms with E-state index in [1.54, 1.807) is 6.20 Å². The highest BCUT2D eigenvalue weighted by molar-refractivity contribution is 5.85. The van der Waals surface area contributed by atoms with Crippen molar-refractivity contribution in [3.8, 4) is 0 Å². The van der Waals surface area contributed by atoms with E-state index in [0.717, 1.165) is 12.1 Å². The number of nitrogens with one attached hydrogen (secondary N) is 1. The second-order valence-corrected chi connectivity index (χ2v) is 5.97. The van der Waals surface area contributed by atoms with Crippen molar-refractivity contribution in [2.75, 3.05) is 0 Å². The highest BCUT2D eigenvalue weighted by Crippen LogP contribution is 2.07. The zero-order valence-electron chi connectivity index (χ0n) is 13.6. The zero-order chi connectivity index (χ0) is 15.9. The smallest absolute Gasteiger partial charge is 0.237 e. The van der Waals surface area contributed by atoms with E-state index >= 15 is 0 Å². The first-order chi connectivity index (χ1) is 10.5. The Hall–Kier alpha value is -1.85. The monoisotopic (exact) mass is 336 g/mol. The number of nitrogens with two attached hydrogens (primary N) is 1. The summed E-state index contributed by atoms with van der Waals surface area (Å²) in [5.74, 6) is 0.330. The van der Waals surface area contributed by atoms with Crippen molar-refractivity contribution in [3.63, 3.8) is 0 Å². The predicted molar refractivity (Wildman–Crippen MR) is 94.3 cm³/mol. The average Bonchev–Trinajstić information content (AvgIpc) is 2.98. The van der Waals surface area contributed by atoms with Crippen LogP contribution in [0, 0.1) is 5.92 Å². The van der Waals surface area contributed by atoms with Crippen LogP contribution in [0.25, 0.3) is 0 Å². The van der Waals surface area contributed by atoms with Crippen molar-refractivity contribution in [2.24, 2.45) is 11.7 Å². The molecule has 3 N–H and O–H groups in total. The first-order valence-electron chi connectivity index (χ1n) is 7.63. The van der Waals surface area contributed by atoms with Crippen LogP contribution in [0.5, 0.6) is 0 Å². The van der Waals surface area contributed by atoms with Crippen LogP contribution in [0.4, 0.5) is 0 Å². The van der Waals surface area contributed by atoms with Gasteiger partial charge in [-0.25, -0.2) is 0 Å². The van der Waals surface area contributed by atoms with E-state index in [4.69, 9.17) is 5.73 Å². The van der Waals surface area contributed by atoms with E-state index in [2.05, 4.69) is 36.4 Å². The lowest BCUT2D eigenvalue weighted by atomic mass is 10.0. The fraction of sp³-hybridized carbons (Fsp3) is 0.412. The molecule has 0 aliphatic carbocycles. The summed E-state index contributed by atoms with van der Waals surface area (Å²) in [5.41, 5.74) is 8.10. The second kappa shape index (κ2) is 9.33. The molecule has 0 saturated heterocycles. The van der Waals surface area contributed by atoms with Gasteiger partial charge in [-0.1, -0.05) is 38.1 Å². The quantitative estimate of drug-likeness (QED) is 0.815. The molecule has 1 aromatic heterocycles. The normalized spacial score (nSPS) is 11.8. The van der Waals surface area contributed by atoms with E-state index in [0.29, 0.717) is 18.9 Å². The summed E-state index contributed by atoms with van der Waals surface area (Å²) in [6.07, 6.45) is 4.41. The van der Waals surface area contributed by atoms with Crippen LogP contribution in [-0.2, 0) is 17.9 Å². The van der Waals surface area contributed by atoms with Gasteiger partial charge in [0.05, 0.1) is 12.6 Å².